The van der Waals surface area contributed by atoms with Crippen LogP contribution in [-0.2, 0) is 23.8 Å². The number of esters is 1. The molecular formula is C23H24O11. The first-order valence-electron chi connectivity index (χ1n) is 10.2. The number of rotatable bonds is 8. The van der Waals surface area contributed by atoms with E-state index in [1.807, 2.05) is 0 Å². The molecule has 0 amide bonds. The largest absolute Gasteiger partial charge is 0.504 e. The number of hydrogen-bond acceptors (Lipinski definition) is 10. The van der Waals surface area contributed by atoms with Crippen LogP contribution in [0.2, 0.25) is 0 Å². The molecule has 1 aliphatic rings. The number of carboxylic acid groups (broad SMARTS) is 1. The highest BCUT2D eigenvalue weighted by molar-refractivity contribution is 5.87. The summed E-state index contributed by atoms with van der Waals surface area (Å²) in [7, 11) is 0. The Kier molecular flexibility index (Phi) is 8.21. The van der Waals surface area contributed by atoms with Crippen LogP contribution in [0.15, 0.2) is 54.6 Å². The van der Waals surface area contributed by atoms with Gasteiger partial charge in [-0.15, -0.1) is 0 Å². The van der Waals surface area contributed by atoms with Gasteiger partial charge in [-0.25, -0.2) is 9.59 Å². The van der Waals surface area contributed by atoms with E-state index in [1.54, 1.807) is 18.2 Å². The summed E-state index contributed by atoms with van der Waals surface area (Å²) in [4.78, 5) is 23.7. The number of carbonyl (C=O) groups is 2. The first kappa shape index (κ1) is 25.1. The van der Waals surface area contributed by atoms with Gasteiger partial charge in [-0.2, -0.15) is 0 Å². The number of ether oxygens (including phenoxy) is 3. The van der Waals surface area contributed by atoms with E-state index in [0.717, 1.165) is 6.08 Å². The lowest BCUT2D eigenvalue weighted by molar-refractivity contribution is -0.311. The second kappa shape index (κ2) is 11.1. The molecule has 182 valence electrons. The molecule has 1 aliphatic heterocycles. The van der Waals surface area contributed by atoms with Crippen LogP contribution in [0.3, 0.4) is 0 Å². The van der Waals surface area contributed by atoms with Crippen molar-refractivity contribution in [2.75, 3.05) is 6.61 Å². The van der Waals surface area contributed by atoms with Gasteiger partial charge in [-0.05, 0) is 29.3 Å². The number of aliphatic hydroxyl groups is 3. The number of hydrogen-bond donors (Lipinski definition) is 6. The van der Waals surface area contributed by atoms with Crippen LogP contribution in [0.25, 0.3) is 6.08 Å². The molecule has 0 saturated carbocycles. The number of aromatic hydroxyl groups is 2. The van der Waals surface area contributed by atoms with Crippen LogP contribution in [0, 0.1) is 0 Å². The Bertz CT molecular complexity index is 1020. The average Bonchev–Trinajstić information content (AvgIpc) is 2.82. The van der Waals surface area contributed by atoms with Crippen molar-refractivity contribution in [3.8, 4) is 11.5 Å². The SMILES string of the molecule is O=C(/C=C/c1ccc(O)c(O)c1)OC[C@H]1O[C@@H](OC(C(=O)O)c2ccccc2)[C@H](O)[C@@H](O)[C@@H]1O. The highest BCUT2D eigenvalue weighted by atomic mass is 16.7. The van der Waals surface area contributed by atoms with E-state index >= 15 is 0 Å². The van der Waals surface area contributed by atoms with Crippen LogP contribution in [0.1, 0.15) is 17.2 Å². The standard InChI is InChI=1S/C23H24O11/c24-14-8-6-12(10-15(14)25)7-9-17(26)32-11-16-18(27)19(28)20(29)23(33-16)34-21(22(30)31)13-4-2-1-3-5-13/h1-10,16,18-21,23-25,27-29H,11H2,(H,30,31)/b9-7+/t16-,18-,19+,20-,21?,23+/m1/s1. The van der Waals surface area contributed by atoms with Crippen molar-refractivity contribution < 1.29 is 54.4 Å². The summed E-state index contributed by atoms with van der Waals surface area (Å²) in [5.74, 6) is -2.91. The number of benzene rings is 2. The van der Waals surface area contributed by atoms with E-state index in [2.05, 4.69) is 0 Å². The van der Waals surface area contributed by atoms with Crippen molar-refractivity contribution in [1.29, 1.82) is 0 Å². The fourth-order valence-corrected chi connectivity index (χ4v) is 3.23. The lowest BCUT2D eigenvalue weighted by atomic mass is 9.99. The fraction of sp³-hybridized carbons (Fsp3) is 0.304. The van der Waals surface area contributed by atoms with Crippen LogP contribution >= 0.6 is 0 Å². The molecule has 2 aromatic carbocycles. The van der Waals surface area contributed by atoms with Crippen molar-refractivity contribution in [3.63, 3.8) is 0 Å². The van der Waals surface area contributed by atoms with Gasteiger partial charge in [0.05, 0.1) is 0 Å². The average molecular weight is 476 g/mol. The first-order chi connectivity index (χ1) is 16.2. The van der Waals surface area contributed by atoms with Crippen molar-refractivity contribution in [3.05, 3.63) is 65.7 Å². The smallest absolute Gasteiger partial charge is 0.337 e. The van der Waals surface area contributed by atoms with Gasteiger partial charge in [-0.3, -0.25) is 0 Å². The molecule has 11 nitrogen and oxygen atoms in total. The van der Waals surface area contributed by atoms with E-state index in [1.165, 1.54) is 36.4 Å². The lowest BCUT2D eigenvalue weighted by Crippen LogP contribution is -2.59. The molecule has 0 bridgehead atoms. The van der Waals surface area contributed by atoms with E-state index in [9.17, 15) is 40.2 Å². The highest BCUT2D eigenvalue weighted by Gasteiger charge is 2.46. The number of phenolic OH excluding ortho intramolecular Hbond substituents is 2. The summed E-state index contributed by atoms with van der Waals surface area (Å²) in [5.41, 5.74) is 0.661. The summed E-state index contributed by atoms with van der Waals surface area (Å²) in [6.07, 6.45) is -7.35. The number of aliphatic carboxylic acids is 1. The first-order valence-corrected chi connectivity index (χ1v) is 10.2. The van der Waals surface area contributed by atoms with Gasteiger partial charge in [0.1, 0.15) is 31.0 Å². The number of carbonyl (C=O) groups excluding carboxylic acids is 1. The topological polar surface area (TPSA) is 183 Å². The van der Waals surface area contributed by atoms with Gasteiger partial charge >= 0.3 is 11.9 Å². The van der Waals surface area contributed by atoms with Crippen molar-refractivity contribution in [2.45, 2.75) is 36.8 Å². The molecule has 1 heterocycles. The maximum absolute atomic E-state index is 12.0. The summed E-state index contributed by atoms with van der Waals surface area (Å²) in [6, 6.07) is 11.8. The molecule has 2 aromatic rings. The third-order valence-electron chi connectivity index (χ3n) is 5.07. The van der Waals surface area contributed by atoms with Gasteiger partial charge in [0, 0.05) is 6.08 Å². The fourth-order valence-electron chi connectivity index (χ4n) is 3.23. The Balaban J connectivity index is 1.63. The van der Waals surface area contributed by atoms with Crippen molar-refractivity contribution >= 4 is 18.0 Å². The maximum atomic E-state index is 12.0. The predicted molar refractivity (Wildman–Crippen MR) is 114 cm³/mol. The van der Waals surface area contributed by atoms with E-state index in [4.69, 9.17) is 14.2 Å². The van der Waals surface area contributed by atoms with E-state index in [0.29, 0.717) is 5.56 Å². The summed E-state index contributed by atoms with van der Waals surface area (Å²) >= 11 is 0. The molecule has 1 fully saturated rings. The van der Waals surface area contributed by atoms with Gasteiger partial charge in [-0.1, -0.05) is 36.4 Å². The zero-order chi connectivity index (χ0) is 24.8. The van der Waals surface area contributed by atoms with Crippen LogP contribution in [0.4, 0.5) is 0 Å². The molecule has 1 unspecified atom stereocenters. The maximum Gasteiger partial charge on any atom is 0.337 e. The minimum absolute atomic E-state index is 0.264. The Morgan fingerprint density at radius 1 is 0.971 bits per heavy atom. The lowest BCUT2D eigenvalue weighted by Gasteiger charge is -2.40. The molecule has 11 heteroatoms. The second-order valence-electron chi connectivity index (χ2n) is 7.49. The summed E-state index contributed by atoms with van der Waals surface area (Å²) in [5, 5.41) is 58.9. The minimum Gasteiger partial charge on any atom is -0.504 e. The zero-order valence-electron chi connectivity index (χ0n) is 17.7. The predicted octanol–water partition coefficient (Wildman–Crippen LogP) is 0.304. The monoisotopic (exact) mass is 476 g/mol. The highest BCUT2D eigenvalue weighted by Crippen LogP contribution is 2.28. The minimum atomic E-state index is -1.77. The Morgan fingerprint density at radius 3 is 2.32 bits per heavy atom. The number of carboxylic acids is 1. The normalized spacial score (nSPS) is 25.7. The summed E-state index contributed by atoms with van der Waals surface area (Å²) in [6.45, 7) is -0.544. The molecule has 1 saturated heterocycles. The van der Waals surface area contributed by atoms with Crippen LogP contribution in [-0.4, -0.2) is 79.9 Å². The van der Waals surface area contributed by atoms with Gasteiger partial charge in [0.15, 0.2) is 23.9 Å². The summed E-state index contributed by atoms with van der Waals surface area (Å²) < 4.78 is 15.8. The number of aliphatic hydroxyl groups excluding tert-OH is 3. The van der Waals surface area contributed by atoms with Crippen LogP contribution in [0.5, 0.6) is 11.5 Å². The third-order valence-corrected chi connectivity index (χ3v) is 5.07. The molecule has 0 aliphatic carbocycles. The van der Waals surface area contributed by atoms with Gasteiger partial charge in [0.25, 0.3) is 0 Å². The molecule has 3 rings (SSSR count). The van der Waals surface area contributed by atoms with E-state index in [-0.39, 0.29) is 17.1 Å². The Morgan fingerprint density at radius 2 is 1.68 bits per heavy atom. The Hall–Kier alpha value is -3.48. The quantitative estimate of drug-likeness (QED) is 0.175. The Labute approximate surface area is 193 Å². The van der Waals surface area contributed by atoms with Gasteiger partial charge < -0.3 is 44.8 Å². The number of phenols is 2. The molecule has 0 aromatic heterocycles. The molecular weight excluding hydrogens is 452 g/mol. The van der Waals surface area contributed by atoms with Crippen molar-refractivity contribution in [1.82, 2.24) is 0 Å². The molecule has 34 heavy (non-hydrogen) atoms. The molecule has 0 radical (unpaired) electrons. The second-order valence-corrected chi connectivity index (χ2v) is 7.49. The molecule has 6 atom stereocenters. The zero-order valence-corrected chi connectivity index (χ0v) is 17.7. The van der Waals surface area contributed by atoms with Gasteiger partial charge in [0.2, 0.25) is 0 Å². The third kappa shape index (κ3) is 6.10. The molecule has 0 spiro atoms. The molecule has 6 N–H and O–H groups in total. The van der Waals surface area contributed by atoms with Crippen molar-refractivity contribution in [2.24, 2.45) is 0 Å². The van der Waals surface area contributed by atoms with Crippen LogP contribution < -0.4 is 0 Å². The van der Waals surface area contributed by atoms with E-state index < -0.39 is 55.4 Å².